The molecule has 0 fully saturated rings. The van der Waals surface area contributed by atoms with Crippen molar-refractivity contribution in [2.45, 2.75) is 12.5 Å². The van der Waals surface area contributed by atoms with Crippen LogP contribution in [0.3, 0.4) is 0 Å². The van der Waals surface area contributed by atoms with Gasteiger partial charge in [0.2, 0.25) is 0 Å². The summed E-state index contributed by atoms with van der Waals surface area (Å²) < 4.78 is 4.87. The molecule has 0 amide bonds. The minimum atomic E-state index is -0.468. The Morgan fingerprint density at radius 2 is 2.15 bits per heavy atom. The highest BCUT2D eigenvalue weighted by Gasteiger charge is 2.24. The zero-order chi connectivity index (χ0) is 9.47. The fourth-order valence-corrected chi connectivity index (χ4v) is 1.34. The first-order chi connectivity index (χ1) is 6.08. The highest BCUT2D eigenvalue weighted by Crippen LogP contribution is 2.23. The molecule has 0 spiro atoms. The topological polar surface area (TPSA) is 52.3 Å². The summed E-state index contributed by atoms with van der Waals surface area (Å²) in [5, 5.41) is 0. The number of nitrogens with two attached hydrogens (primary N) is 1. The maximum atomic E-state index is 11.2. The number of ether oxygens (including phenoxy) is 1. The van der Waals surface area contributed by atoms with Gasteiger partial charge >= 0.3 is 5.97 Å². The molecule has 0 bridgehead atoms. The minimum Gasteiger partial charge on any atom is -0.457 e. The third-order valence-corrected chi connectivity index (χ3v) is 2.18. The van der Waals surface area contributed by atoms with E-state index in [2.05, 4.69) is 0 Å². The molecular weight excluding hydrogens is 166 g/mol. The van der Waals surface area contributed by atoms with Crippen molar-refractivity contribution in [2.75, 3.05) is 6.61 Å². The van der Waals surface area contributed by atoms with Gasteiger partial charge in [0, 0.05) is 5.57 Å². The van der Waals surface area contributed by atoms with E-state index < -0.39 is 5.54 Å². The highest BCUT2D eigenvalue weighted by molar-refractivity contribution is 5.95. The Morgan fingerprint density at radius 3 is 2.92 bits per heavy atom. The summed E-state index contributed by atoms with van der Waals surface area (Å²) in [5.74, 6) is -0.256. The van der Waals surface area contributed by atoms with Gasteiger partial charge in [-0.25, -0.2) is 4.79 Å². The fourth-order valence-electron chi connectivity index (χ4n) is 1.34. The third-order valence-electron chi connectivity index (χ3n) is 2.18. The van der Waals surface area contributed by atoms with Gasteiger partial charge in [-0.3, -0.25) is 0 Å². The van der Waals surface area contributed by atoms with Gasteiger partial charge in [0.25, 0.3) is 0 Å². The van der Waals surface area contributed by atoms with Crippen molar-refractivity contribution in [2.24, 2.45) is 5.73 Å². The Bertz CT molecular complexity index is 348. The van der Waals surface area contributed by atoms with Crippen LogP contribution in [0, 0.1) is 0 Å². The van der Waals surface area contributed by atoms with Gasteiger partial charge in [-0.2, -0.15) is 0 Å². The van der Waals surface area contributed by atoms with Crippen molar-refractivity contribution in [3.8, 4) is 0 Å². The molecule has 13 heavy (non-hydrogen) atoms. The third kappa shape index (κ3) is 1.42. The molecule has 0 saturated heterocycles. The Labute approximate surface area is 76.6 Å². The summed E-state index contributed by atoms with van der Waals surface area (Å²) in [5.41, 5.74) is 6.95. The van der Waals surface area contributed by atoms with Crippen LogP contribution in [0.5, 0.6) is 0 Å². The van der Waals surface area contributed by atoms with E-state index in [0.717, 1.165) is 5.57 Å². The van der Waals surface area contributed by atoms with Gasteiger partial charge in [-0.15, -0.1) is 0 Å². The number of cyclic esters (lactones) is 1. The fraction of sp³-hybridized carbons (Fsp3) is 0.300. The quantitative estimate of drug-likeness (QED) is 0.554. The van der Waals surface area contributed by atoms with E-state index in [-0.39, 0.29) is 5.97 Å². The van der Waals surface area contributed by atoms with E-state index in [1.807, 2.05) is 19.1 Å². The molecule has 0 radical (unpaired) electrons. The van der Waals surface area contributed by atoms with Crippen LogP contribution < -0.4 is 5.73 Å². The summed E-state index contributed by atoms with van der Waals surface area (Å²) in [6.45, 7) is 2.25. The van der Waals surface area contributed by atoms with E-state index in [9.17, 15) is 4.79 Å². The second-order valence-corrected chi connectivity index (χ2v) is 3.55. The maximum Gasteiger partial charge on any atom is 0.338 e. The molecule has 1 unspecified atom stereocenters. The molecule has 2 rings (SSSR count). The van der Waals surface area contributed by atoms with Crippen LogP contribution in [0.4, 0.5) is 0 Å². The predicted molar refractivity (Wildman–Crippen MR) is 48.9 cm³/mol. The van der Waals surface area contributed by atoms with Crippen molar-refractivity contribution < 1.29 is 9.53 Å². The molecule has 0 aromatic heterocycles. The zero-order valence-electron chi connectivity index (χ0n) is 7.41. The summed E-state index contributed by atoms with van der Waals surface area (Å²) in [6, 6.07) is 0. The van der Waals surface area contributed by atoms with Crippen LogP contribution in [0.15, 0.2) is 35.5 Å². The largest absolute Gasteiger partial charge is 0.457 e. The Hall–Kier alpha value is -1.35. The molecule has 1 heterocycles. The van der Waals surface area contributed by atoms with Gasteiger partial charge < -0.3 is 10.5 Å². The molecule has 3 nitrogen and oxygen atoms in total. The van der Waals surface area contributed by atoms with Crippen molar-refractivity contribution in [1.29, 1.82) is 0 Å². The molecular formula is C10H11NO2. The average Bonchev–Trinajstić information content (AvgIpc) is 2.32. The van der Waals surface area contributed by atoms with Gasteiger partial charge in [-0.1, -0.05) is 18.2 Å². The first-order valence-electron chi connectivity index (χ1n) is 4.16. The first-order valence-corrected chi connectivity index (χ1v) is 4.16. The number of carbonyl (C=O) groups is 1. The Kier molecular flexibility index (Phi) is 1.63. The van der Waals surface area contributed by atoms with E-state index >= 15 is 0 Å². The van der Waals surface area contributed by atoms with Gasteiger partial charge in [-0.05, 0) is 13.0 Å². The minimum absolute atomic E-state index is 0.256. The maximum absolute atomic E-state index is 11.2. The summed E-state index contributed by atoms with van der Waals surface area (Å²) in [7, 11) is 0. The molecule has 1 aliphatic carbocycles. The number of rotatable bonds is 0. The lowest BCUT2D eigenvalue weighted by Crippen LogP contribution is -2.30. The van der Waals surface area contributed by atoms with E-state index in [1.165, 1.54) is 0 Å². The predicted octanol–water partition coefficient (Wildman–Crippen LogP) is 0.683. The second-order valence-electron chi connectivity index (χ2n) is 3.55. The van der Waals surface area contributed by atoms with Crippen LogP contribution in [0.25, 0.3) is 0 Å². The number of carbonyl (C=O) groups excluding carboxylic acids is 1. The summed E-state index contributed by atoms with van der Waals surface area (Å²) >= 11 is 0. The van der Waals surface area contributed by atoms with Crippen LogP contribution >= 0.6 is 0 Å². The highest BCUT2D eigenvalue weighted by atomic mass is 16.5. The van der Waals surface area contributed by atoms with Crippen LogP contribution in [0.1, 0.15) is 6.92 Å². The number of hydrogen-bond donors (Lipinski definition) is 1. The molecule has 1 atom stereocenters. The summed E-state index contributed by atoms with van der Waals surface area (Å²) in [4.78, 5) is 11.2. The Morgan fingerprint density at radius 1 is 1.46 bits per heavy atom. The molecule has 2 aliphatic rings. The molecule has 0 aromatic carbocycles. The second kappa shape index (κ2) is 2.57. The van der Waals surface area contributed by atoms with Crippen LogP contribution in [-0.4, -0.2) is 18.1 Å². The van der Waals surface area contributed by atoms with E-state index in [0.29, 0.717) is 12.2 Å². The smallest absolute Gasteiger partial charge is 0.338 e. The summed E-state index contributed by atoms with van der Waals surface area (Å²) in [6.07, 6.45) is 7.27. The van der Waals surface area contributed by atoms with E-state index in [4.69, 9.17) is 10.5 Å². The number of esters is 1. The lowest BCUT2D eigenvalue weighted by atomic mass is 10.0. The van der Waals surface area contributed by atoms with Crippen molar-refractivity contribution in [3.63, 3.8) is 0 Å². The SMILES string of the molecule is CC1(N)C=CC2=C(C=C1)C(=O)OC2. The normalized spacial score (nSPS) is 31.7. The molecule has 68 valence electrons. The molecule has 2 N–H and O–H groups in total. The van der Waals surface area contributed by atoms with Crippen LogP contribution in [0.2, 0.25) is 0 Å². The average molecular weight is 177 g/mol. The van der Waals surface area contributed by atoms with Crippen molar-refractivity contribution >= 4 is 5.97 Å². The van der Waals surface area contributed by atoms with Gasteiger partial charge in [0.15, 0.2) is 0 Å². The first kappa shape index (κ1) is 8.26. The molecule has 1 aliphatic heterocycles. The Balaban J connectivity index is 2.42. The lowest BCUT2D eigenvalue weighted by molar-refractivity contribution is -0.135. The van der Waals surface area contributed by atoms with Crippen molar-refractivity contribution in [1.82, 2.24) is 0 Å². The monoisotopic (exact) mass is 177 g/mol. The zero-order valence-corrected chi connectivity index (χ0v) is 7.41. The lowest BCUT2D eigenvalue weighted by Gasteiger charge is -2.13. The van der Waals surface area contributed by atoms with Crippen molar-refractivity contribution in [3.05, 3.63) is 35.5 Å². The standard InChI is InChI=1S/C10H11NO2/c1-10(11)4-2-7-6-13-9(12)8(7)3-5-10/h2-5H,6,11H2,1H3. The van der Waals surface area contributed by atoms with E-state index in [1.54, 1.807) is 12.2 Å². The van der Waals surface area contributed by atoms with Gasteiger partial charge in [0.1, 0.15) is 6.61 Å². The molecule has 3 heteroatoms. The van der Waals surface area contributed by atoms with Gasteiger partial charge in [0.05, 0.1) is 11.1 Å². The molecule has 0 saturated carbocycles. The van der Waals surface area contributed by atoms with Crippen LogP contribution in [-0.2, 0) is 9.53 Å². The number of hydrogen-bond acceptors (Lipinski definition) is 3. The molecule has 0 aromatic rings.